The molecule has 81 heavy (non-hydrogen) atoms. The summed E-state index contributed by atoms with van der Waals surface area (Å²) < 4.78 is 16.9. The summed E-state index contributed by atoms with van der Waals surface area (Å²) in [5.74, 6) is -0.991. The second-order valence-electron chi connectivity index (χ2n) is 22.0. The third kappa shape index (κ3) is 66.2. The lowest BCUT2D eigenvalue weighted by atomic mass is 10.0. The molecule has 460 valence electrons. The molecule has 1 atom stereocenters. The number of ether oxygens (including phenoxy) is 3. The van der Waals surface area contributed by atoms with Gasteiger partial charge in [-0.1, -0.05) is 296 Å². The van der Waals surface area contributed by atoms with E-state index >= 15 is 0 Å². The fraction of sp³-hybridized carbons (Fsp3) is 0.667. The minimum absolute atomic E-state index is 0.105. The Morgan fingerprint density at radius 3 is 0.827 bits per heavy atom. The molecule has 0 amide bonds. The first kappa shape index (κ1) is 76.5. The lowest BCUT2D eigenvalue weighted by molar-refractivity contribution is -0.166. The van der Waals surface area contributed by atoms with Crippen molar-refractivity contribution in [3.05, 3.63) is 134 Å². The molecule has 0 fully saturated rings. The van der Waals surface area contributed by atoms with E-state index in [1.165, 1.54) is 154 Å². The van der Waals surface area contributed by atoms with Crippen molar-refractivity contribution in [2.75, 3.05) is 13.2 Å². The lowest BCUT2D eigenvalue weighted by Crippen LogP contribution is -2.30. The molecule has 0 bridgehead atoms. The second kappa shape index (κ2) is 68.1. The van der Waals surface area contributed by atoms with Crippen molar-refractivity contribution >= 4 is 17.9 Å². The molecule has 0 rings (SSSR count). The number of allylic oxidation sites excluding steroid dienone is 22. The molecular formula is C75H124O6. The Hall–Kier alpha value is -4.45. The minimum Gasteiger partial charge on any atom is -0.462 e. The summed E-state index contributed by atoms with van der Waals surface area (Å²) in [5.41, 5.74) is 0. The van der Waals surface area contributed by atoms with Crippen LogP contribution in [0.2, 0.25) is 0 Å². The largest absolute Gasteiger partial charge is 0.462 e. The molecule has 0 saturated carbocycles. The summed E-state index contributed by atoms with van der Waals surface area (Å²) in [5, 5.41) is 0. The fourth-order valence-corrected chi connectivity index (χ4v) is 9.16. The van der Waals surface area contributed by atoms with E-state index in [1.54, 1.807) is 0 Å². The van der Waals surface area contributed by atoms with Gasteiger partial charge in [0.25, 0.3) is 0 Å². The average Bonchev–Trinajstić information content (AvgIpc) is 3.46. The van der Waals surface area contributed by atoms with Gasteiger partial charge in [0.1, 0.15) is 13.2 Å². The van der Waals surface area contributed by atoms with Crippen LogP contribution in [0.15, 0.2) is 134 Å². The van der Waals surface area contributed by atoms with Crippen LogP contribution < -0.4 is 0 Å². The Morgan fingerprint density at radius 1 is 0.259 bits per heavy atom. The molecule has 0 aliphatic carbocycles. The summed E-state index contributed by atoms with van der Waals surface area (Å²) in [4.78, 5) is 38.3. The quantitative estimate of drug-likeness (QED) is 0.0261. The summed E-state index contributed by atoms with van der Waals surface area (Å²) in [7, 11) is 0. The van der Waals surface area contributed by atoms with Crippen LogP contribution in [0.3, 0.4) is 0 Å². The van der Waals surface area contributed by atoms with E-state index in [4.69, 9.17) is 14.2 Å². The highest BCUT2D eigenvalue weighted by Gasteiger charge is 2.19. The maximum absolute atomic E-state index is 12.9. The lowest BCUT2D eigenvalue weighted by Gasteiger charge is -2.18. The predicted octanol–water partition coefficient (Wildman–Crippen LogP) is 23.3. The number of unbranched alkanes of at least 4 members (excludes halogenated alkanes) is 27. The van der Waals surface area contributed by atoms with Crippen LogP contribution >= 0.6 is 0 Å². The molecule has 0 aliphatic rings. The molecule has 0 aromatic heterocycles. The van der Waals surface area contributed by atoms with Crippen LogP contribution in [0.5, 0.6) is 0 Å². The topological polar surface area (TPSA) is 78.9 Å². The average molecular weight is 1120 g/mol. The zero-order chi connectivity index (χ0) is 58.5. The molecule has 0 N–H and O–H groups in total. The Labute approximate surface area is 500 Å². The van der Waals surface area contributed by atoms with Crippen LogP contribution in [0.4, 0.5) is 0 Å². The van der Waals surface area contributed by atoms with E-state index in [0.29, 0.717) is 19.3 Å². The van der Waals surface area contributed by atoms with E-state index in [2.05, 4.69) is 148 Å². The van der Waals surface area contributed by atoms with Crippen molar-refractivity contribution in [2.24, 2.45) is 0 Å². The summed E-state index contributed by atoms with van der Waals surface area (Å²) in [6.07, 6.45) is 96.3. The van der Waals surface area contributed by atoms with Gasteiger partial charge in [0, 0.05) is 19.3 Å². The molecule has 0 saturated heterocycles. The molecule has 1 unspecified atom stereocenters. The minimum atomic E-state index is -0.816. The van der Waals surface area contributed by atoms with Crippen LogP contribution in [0.25, 0.3) is 0 Å². The van der Waals surface area contributed by atoms with Gasteiger partial charge in [-0.25, -0.2) is 0 Å². The van der Waals surface area contributed by atoms with Gasteiger partial charge < -0.3 is 14.2 Å². The Balaban J connectivity index is 4.36. The van der Waals surface area contributed by atoms with Crippen LogP contribution in [-0.4, -0.2) is 37.2 Å². The van der Waals surface area contributed by atoms with E-state index in [9.17, 15) is 14.4 Å². The van der Waals surface area contributed by atoms with Gasteiger partial charge in [-0.2, -0.15) is 0 Å². The first-order valence-corrected chi connectivity index (χ1v) is 33.7. The molecule has 6 nitrogen and oxygen atoms in total. The van der Waals surface area contributed by atoms with E-state index < -0.39 is 6.10 Å². The number of esters is 3. The van der Waals surface area contributed by atoms with Gasteiger partial charge in [-0.05, 0) is 122 Å². The van der Waals surface area contributed by atoms with Gasteiger partial charge in [-0.3, -0.25) is 14.4 Å². The summed E-state index contributed by atoms with van der Waals surface area (Å²) in [6, 6.07) is 0. The molecule has 0 heterocycles. The predicted molar refractivity (Wildman–Crippen MR) is 353 cm³/mol. The Morgan fingerprint density at radius 2 is 0.506 bits per heavy atom. The van der Waals surface area contributed by atoms with Crippen molar-refractivity contribution in [1.29, 1.82) is 0 Å². The molecular weight excluding hydrogens is 997 g/mol. The molecule has 0 aliphatic heterocycles. The van der Waals surface area contributed by atoms with Crippen molar-refractivity contribution in [3.63, 3.8) is 0 Å². The second-order valence-corrected chi connectivity index (χ2v) is 22.0. The Bertz CT molecular complexity index is 1720. The molecule has 0 aromatic carbocycles. The summed E-state index contributed by atoms with van der Waals surface area (Å²) in [6.45, 7) is 6.35. The smallest absolute Gasteiger partial charge is 0.306 e. The highest BCUT2D eigenvalue weighted by molar-refractivity contribution is 5.71. The van der Waals surface area contributed by atoms with Crippen LogP contribution in [0.1, 0.15) is 303 Å². The van der Waals surface area contributed by atoms with Crippen LogP contribution in [0, 0.1) is 0 Å². The fourth-order valence-electron chi connectivity index (χ4n) is 9.16. The van der Waals surface area contributed by atoms with E-state index in [1.807, 2.05) is 6.08 Å². The van der Waals surface area contributed by atoms with Gasteiger partial charge in [0.2, 0.25) is 0 Å². The molecule has 6 heteroatoms. The summed E-state index contributed by atoms with van der Waals surface area (Å²) >= 11 is 0. The number of hydrogen-bond donors (Lipinski definition) is 0. The number of carbonyl (C=O) groups is 3. The standard InChI is InChI=1S/C75H124O6/c1-4-7-10-13-16-19-22-25-27-29-31-33-35-37-39-41-43-45-47-50-53-56-59-62-65-68-74(77)80-71-72(70-79-73(76)67-64-61-58-55-52-49-24-21-18-15-12-9-6-3)81-75(78)69-66-63-60-57-54-51-48-46-44-42-40-38-36-34-32-30-28-26-23-20-17-14-11-8-5-2/h7,9-10,12,16,18-19,21,23,25-27,30-33,36,38,49,52,58,61,72H,4-6,8,11,13-15,17,20,22,24,28-29,34-35,37,39-48,50-51,53-57,59-60,62-71H2,1-3H3/b10-7-,12-9-,19-16-,21-18-,26-23-,27-25-,32-30-,33-31-,38-36-,52-49-,61-58-. The molecule has 0 radical (unpaired) electrons. The SMILES string of the molecule is CC/C=C\C/C=C\C/C=C\C/C=C\CCCCCCCCCCCCCCC(=O)OCC(COC(=O)CC/C=C\C/C=C\C/C=C\C/C=C\CC)OC(=O)CCCCCCCCCCCC/C=C\C/C=C\C/C=C\CCCCCCC. The van der Waals surface area contributed by atoms with Gasteiger partial charge >= 0.3 is 17.9 Å². The maximum atomic E-state index is 12.9. The first-order valence-electron chi connectivity index (χ1n) is 33.7. The Kier molecular flexibility index (Phi) is 64.3. The number of hydrogen-bond acceptors (Lipinski definition) is 6. The van der Waals surface area contributed by atoms with Crippen molar-refractivity contribution in [2.45, 2.75) is 309 Å². The van der Waals surface area contributed by atoms with E-state index in [-0.39, 0.29) is 37.5 Å². The third-order valence-corrected chi connectivity index (χ3v) is 14.1. The van der Waals surface area contributed by atoms with Gasteiger partial charge in [-0.15, -0.1) is 0 Å². The highest BCUT2D eigenvalue weighted by atomic mass is 16.6. The van der Waals surface area contributed by atoms with Gasteiger partial charge in [0.15, 0.2) is 6.10 Å². The maximum Gasteiger partial charge on any atom is 0.306 e. The highest BCUT2D eigenvalue weighted by Crippen LogP contribution is 2.16. The van der Waals surface area contributed by atoms with Crippen molar-refractivity contribution < 1.29 is 28.6 Å². The van der Waals surface area contributed by atoms with Crippen LogP contribution in [-0.2, 0) is 28.6 Å². The zero-order valence-corrected chi connectivity index (χ0v) is 52.8. The molecule has 0 aromatic rings. The number of rotatable bonds is 60. The first-order chi connectivity index (χ1) is 40.0. The monoisotopic (exact) mass is 1120 g/mol. The zero-order valence-electron chi connectivity index (χ0n) is 52.8. The number of carbonyl (C=O) groups excluding carboxylic acids is 3. The van der Waals surface area contributed by atoms with Gasteiger partial charge in [0.05, 0.1) is 0 Å². The third-order valence-electron chi connectivity index (χ3n) is 14.1. The normalized spacial score (nSPS) is 13.0. The van der Waals surface area contributed by atoms with E-state index in [0.717, 1.165) is 103 Å². The van der Waals surface area contributed by atoms with Crippen molar-refractivity contribution in [1.82, 2.24) is 0 Å². The molecule has 0 spiro atoms. The van der Waals surface area contributed by atoms with Crippen molar-refractivity contribution in [3.8, 4) is 0 Å².